The molecule has 0 aliphatic rings. The smallest absolute Gasteiger partial charge is 0.261 e. The van der Waals surface area contributed by atoms with E-state index < -0.39 is 0 Å². The Kier molecular flexibility index (Phi) is 7.22. The van der Waals surface area contributed by atoms with Crippen LogP contribution in [-0.2, 0) is 13.0 Å². The zero-order valence-electron chi connectivity index (χ0n) is 17.1. The topological polar surface area (TPSA) is 56.2 Å². The Morgan fingerprint density at radius 3 is 2.74 bits per heavy atom. The minimum Gasteiger partial charge on any atom is -0.492 e. The number of nitrogens with zero attached hydrogens (tertiary/aromatic N) is 2. The van der Waals surface area contributed by atoms with Gasteiger partial charge in [0.1, 0.15) is 11.6 Å². The second-order valence-corrected chi connectivity index (χ2v) is 8.49. The Labute approximate surface area is 190 Å². The van der Waals surface area contributed by atoms with Crippen molar-refractivity contribution in [1.82, 2.24) is 14.9 Å². The molecule has 0 unspecified atom stereocenters. The molecule has 4 aromatic rings. The van der Waals surface area contributed by atoms with E-state index in [0.717, 1.165) is 46.9 Å². The molecule has 4 rings (SSSR count). The van der Waals surface area contributed by atoms with E-state index in [-0.39, 0.29) is 5.91 Å². The van der Waals surface area contributed by atoms with Gasteiger partial charge in [-0.25, -0.2) is 4.98 Å². The Balaban J connectivity index is 1.33. The molecule has 0 radical (unpaired) electrons. The monoisotopic (exact) mass is 453 g/mol. The van der Waals surface area contributed by atoms with Gasteiger partial charge in [-0.15, -0.1) is 11.3 Å². The van der Waals surface area contributed by atoms with Crippen LogP contribution in [0.4, 0.5) is 0 Å². The first-order valence-corrected chi connectivity index (χ1v) is 11.6. The van der Waals surface area contributed by atoms with Crippen LogP contribution in [0.5, 0.6) is 5.75 Å². The fraction of sp³-hybridized carbons (Fsp3) is 0.250. The lowest BCUT2D eigenvalue weighted by Gasteiger charge is -2.11. The van der Waals surface area contributed by atoms with Gasteiger partial charge in [0.05, 0.1) is 27.5 Å². The molecule has 31 heavy (non-hydrogen) atoms. The molecule has 0 aliphatic heterocycles. The van der Waals surface area contributed by atoms with Crippen LogP contribution in [-0.4, -0.2) is 28.6 Å². The summed E-state index contributed by atoms with van der Waals surface area (Å²) in [6.07, 6.45) is 2.55. The summed E-state index contributed by atoms with van der Waals surface area (Å²) in [4.78, 5) is 17.7. The molecule has 1 amide bonds. The molecule has 7 heteroatoms. The lowest BCUT2D eigenvalue weighted by Crippen LogP contribution is -2.25. The van der Waals surface area contributed by atoms with Gasteiger partial charge in [0.25, 0.3) is 5.91 Å². The SMILES string of the molecule is O=C(NCCc1nc2ccccc2n1CCCCOc1ccccc1Cl)c1cccs1. The fourth-order valence-corrected chi connectivity index (χ4v) is 4.29. The Bertz CT molecular complexity index is 1140. The van der Waals surface area contributed by atoms with Gasteiger partial charge in [0.2, 0.25) is 0 Å². The standard InChI is InChI=1S/C24H24ClN3O2S/c25-18-8-1-4-11-21(18)30-16-6-5-15-28-20-10-3-2-9-19(20)27-23(28)13-14-26-24(29)22-12-7-17-31-22/h1-4,7-12,17H,5-6,13-16H2,(H,26,29). The number of rotatable bonds is 10. The number of unbranched alkanes of at least 4 members (excludes halogenated alkanes) is 1. The average molecular weight is 454 g/mol. The summed E-state index contributed by atoms with van der Waals surface area (Å²) < 4.78 is 8.05. The highest BCUT2D eigenvalue weighted by atomic mass is 35.5. The Morgan fingerprint density at radius 2 is 1.90 bits per heavy atom. The number of thiophene rings is 1. The van der Waals surface area contributed by atoms with Crippen LogP contribution < -0.4 is 10.1 Å². The van der Waals surface area contributed by atoms with E-state index in [1.165, 1.54) is 11.3 Å². The second kappa shape index (κ2) is 10.5. The number of para-hydroxylation sites is 3. The average Bonchev–Trinajstić information content (AvgIpc) is 3.43. The normalized spacial score (nSPS) is 11.0. The minimum absolute atomic E-state index is 0.0330. The van der Waals surface area contributed by atoms with Crippen molar-refractivity contribution >= 4 is 39.9 Å². The third-order valence-electron chi connectivity index (χ3n) is 4.98. The number of benzene rings is 2. The van der Waals surface area contributed by atoms with Crippen molar-refractivity contribution in [3.63, 3.8) is 0 Å². The number of aromatic nitrogens is 2. The number of fused-ring (bicyclic) bond motifs is 1. The Morgan fingerprint density at radius 1 is 1.06 bits per heavy atom. The number of aryl methyl sites for hydroxylation is 1. The number of ether oxygens (including phenoxy) is 1. The van der Waals surface area contributed by atoms with Gasteiger partial charge in [0, 0.05) is 19.5 Å². The lowest BCUT2D eigenvalue weighted by molar-refractivity contribution is 0.0958. The van der Waals surface area contributed by atoms with Crippen molar-refractivity contribution in [3.8, 4) is 5.75 Å². The highest BCUT2D eigenvalue weighted by Crippen LogP contribution is 2.23. The van der Waals surface area contributed by atoms with E-state index >= 15 is 0 Å². The van der Waals surface area contributed by atoms with Crippen LogP contribution in [0.25, 0.3) is 11.0 Å². The van der Waals surface area contributed by atoms with E-state index in [2.05, 4.69) is 16.0 Å². The van der Waals surface area contributed by atoms with Crippen molar-refractivity contribution in [2.45, 2.75) is 25.8 Å². The first kappa shape index (κ1) is 21.4. The number of imidazole rings is 1. The second-order valence-electron chi connectivity index (χ2n) is 7.14. The molecule has 0 saturated carbocycles. The van der Waals surface area contributed by atoms with Gasteiger partial charge in [-0.2, -0.15) is 0 Å². The Hall–Kier alpha value is -2.83. The van der Waals surface area contributed by atoms with E-state index in [1.807, 2.05) is 60.0 Å². The van der Waals surface area contributed by atoms with Gasteiger partial charge < -0.3 is 14.6 Å². The summed E-state index contributed by atoms with van der Waals surface area (Å²) in [7, 11) is 0. The van der Waals surface area contributed by atoms with Gasteiger partial charge in [-0.1, -0.05) is 41.9 Å². The predicted octanol–water partition coefficient (Wildman–Crippen LogP) is 5.58. The number of hydrogen-bond donors (Lipinski definition) is 1. The maximum atomic E-state index is 12.2. The lowest BCUT2D eigenvalue weighted by atomic mass is 10.2. The first-order chi connectivity index (χ1) is 15.2. The van der Waals surface area contributed by atoms with E-state index in [1.54, 1.807) is 0 Å². The van der Waals surface area contributed by atoms with Crippen molar-refractivity contribution in [2.24, 2.45) is 0 Å². The fourth-order valence-electron chi connectivity index (χ4n) is 3.46. The summed E-state index contributed by atoms with van der Waals surface area (Å²) in [6, 6.07) is 19.4. The van der Waals surface area contributed by atoms with Gasteiger partial charge in [-0.05, 0) is 48.6 Å². The van der Waals surface area contributed by atoms with Gasteiger partial charge >= 0.3 is 0 Å². The maximum absolute atomic E-state index is 12.2. The third kappa shape index (κ3) is 5.46. The molecular formula is C24H24ClN3O2S. The minimum atomic E-state index is -0.0330. The predicted molar refractivity (Wildman–Crippen MR) is 126 cm³/mol. The molecule has 1 N–H and O–H groups in total. The summed E-state index contributed by atoms with van der Waals surface area (Å²) in [5.74, 6) is 1.67. The highest BCUT2D eigenvalue weighted by Gasteiger charge is 2.12. The molecular weight excluding hydrogens is 430 g/mol. The molecule has 2 aromatic heterocycles. The van der Waals surface area contributed by atoms with Crippen LogP contribution >= 0.6 is 22.9 Å². The van der Waals surface area contributed by atoms with Crippen LogP contribution in [0.1, 0.15) is 28.3 Å². The van der Waals surface area contributed by atoms with Crippen LogP contribution in [0, 0.1) is 0 Å². The highest BCUT2D eigenvalue weighted by molar-refractivity contribution is 7.12. The summed E-state index contributed by atoms with van der Waals surface area (Å²) in [5.41, 5.74) is 2.10. The van der Waals surface area contributed by atoms with E-state index in [0.29, 0.717) is 24.6 Å². The first-order valence-electron chi connectivity index (χ1n) is 10.4. The van der Waals surface area contributed by atoms with Crippen LogP contribution in [0.15, 0.2) is 66.0 Å². The number of halogens is 1. The molecule has 2 heterocycles. The molecule has 0 fully saturated rings. The van der Waals surface area contributed by atoms with Crippen molar-refractivity contribution in [2.75, 3.05) is 13.2 Å². The van der Waals surface area contributed by atoms with Crippen molar-refractivity contribution in [1.29, 1.82) is 0 Å². The molecule has 0 bridgehead atoms. The maximum Gasteiger partial charge on any atom is 0.261 e. The van der Waals surface area contributed by atoms with Crippen LogP contribution in [0.3, 0.4) is 0 Å². The van der Waals surface area contributed by atoms with Gasteiger partial charge in [-0.3, -0.25) is 4.79 Å². The third-order valence-corrected chi connectivity index (χ3v) is 6.16. The van der Waals surface area contributed by atoms with Crippen molar-refractivity contribution in [3.05, 3.63) is 81.8 Å². The van der Waals surface area contributed by atoms with E-state index in [9.17, 15) is 4.79 Å². The number of amides is 1. The quantitative estimate of drug-likeness (QED) is 0.319. The molecule has 0 saturated heterocycles. The molecule has 2 aromatic carbocycles. The van der Waals surface area contributed by atoms with Crippen molar-refractivity contribution < 1.29 is 9.53 Å². The summed E-state index contributed by atoms with van der Waals surface area (Å²) in [5, 5.41) is 5.53. The van der Waals surface area contributed by atoms with E-state index in [4.69, 9.17) is 21.3 Å². The number of hydrogen-bond acceptors (Lipinski definition) is 4. The number of carbonyl (C=O) groups excluding carboxylic acids is 1. The number of carbonyl (C=O) groups is 1. The summed E-state index contributed by atoms with van der Waals surface area (Å²) >= 11 is 7.59. The largest absolute Gasteiger partial charge is 0.492 e. The zero-order valence-corrected chi connectivity index (χ0v) is 18.7. The molecule has 0 atom stereocenters. The zero-order chi connectivity index (χ0) is 21.5. The van der Waals surface area contributed by atoms with Crippen LogP contribution in [0.2, 0.25) is 5.02 Å². The molecule has 0 aliphatic carbocycles. The number of nitrogens with one attached hydrogen (secondary N) is 1. The summed E-state index contributed by atoms with van der Waals surface area (Å²) in [6.45, 7) is 2.01. The molecule has 0 spiro atoms. The molecule has 5 nitrogen and oxygen atoms in total. The van der Waals surface area contributed by atoms with Gasteiger partial charge in [0.15, 0.2) is 0 Å². The molecule has 160 valence electrons.